The molecule has 2 heterocycles. The summed E-state index contributed by atoms with van der Waals surface area (Å²) in [6.07, 6.45) is 2.05. The third-order valence-electron chi connectivity index (χ3n) is 13.0. The predicted molar refractivity (Wildman–Crippen MR) is 250 cm³/mol. The van der Waals surface area contributed by atoms with E-state index in [0.29, 0.717) is 0 Å². The number of aliphatic imine (C=N–C) groups is 1. The second-order valence-corrected chi connectivity index (χ2v) is 16.2. The molecular formula is C58H40N2O. The number of ether oxygens (including phenoxy) is 1. The van der Waals surface area contributed by atoms with Gasteiger partial charge in [0.05, 0.1) is 11.1 Å². The normalized spacial score (nSPS) is 15.6. The van der Waals surface area contributed by atoms with Crippen molar-refractivity contribution in [2.45, 2.75) is 11.6 Å². The lowest BCUT2D eigenvalue weighted by Crippen LogP contribution is -2.32. The van der Waals surface area contributed by atoms with Crippen LogP contribution in [0.1, 0.15) is 45.1 Å². The molecule has 3 nitrogen and oxygen atoms in total. The molecule has 288 valence electrons. The summed E-state index contributed by atoms with van der Waals surface area (Å²) in [5, 5.41) is 2.39. The highest BCUT2D eigenvalue weighted by atomic mass is 16.5. The van der Waals surface area contributed by atoms with Gasteiger partial charge in [0.1, 0.15) is 17.7 Å². The van der Waals surface area contributed by atoms with E-state index in [1.165, 1.54) is 49.7 Å². The van der Waals surface area contributed by atoms with Gasteiger partial charge >= 0.3 is 0 Å². The van der Waals surface area contributed by atoms with Crippen LogP contribution in [-0.4, -0.2) is 17.7 Å². The molecule has 0 radical (unpaired) electrons. The van der Waals surface area contributed by atoms with E-state index in [4.69, 9.17) is 9.73 Å². The quantitative estimate of drug-likeness (QED) is 0.174. The number of hydrogen-bond donors (Lipinski definition) is 0. The molecule has 0 N–H and O–H groups in total. The van der Waals surface area contributed by atoms with Crippen molar-refractivity contribution in [3.05, 3.63) is 257 Å². The van der Waals surface area contributed by atoms with Gasteiger partial charge in [-0.3, -0.25) is 4.99 Å². The van der Waals surface area contributed by atoms with Crippen LogP contribution >= 0.6 is 0 Å². The van der Waals surface area contributed by atoms with Gasteiger partial charge in [-0.1, -0.05) is 200 Å². The summed E-state index contributed by atoms with van der Waals surface area (Å²) in [4.78, 5) is 7.86. The Bertz CT molecular complexity index is 3210. The highest BCUT2D eigenvalue weighted by molar-refractivity contribution is 6.21. The Morgan fingerprint density at radius 3 is 1.69 bits per heavy atom. The van der Waals surface area contributed by atoms with Gasteiger partial charge in [0, 0.05) is 35.0 Å². The maximum atomic E-state index is 6.95. The molecule has 12 rings (SSSR count). The highest BCUT2D eigenvalue weighted by Gasteiger charge is 2.51. The molecule has 0 saturated heterocycles. The molecule has 1 unspecified atom stereocenters. The first-order valence-electron chi connectivity index (χ1n) is 21.0. The van der Waals surface area contributed by atoms with E-state index in [2.05, 4.69) is 230 Å². The number of rotatable bonds is 5. The van der Waals surface area contributed by atoms with E-state index in [9.17, 15) is 0 Å². The second-order valence-electron chi connectivity index (χ2n) is 16.2. The minimum Gasteiger partial charge on any atom is -0.457 e. The van der Waals surface area contributed by atoms with Crippen molar-refractivity contribution in [2.75, 3.05) is 7.05 Å². The molecule has 0 aromatic heterocycles. The summed E-state index contributed by atoms with van der Waals surface area (Å²) < 4.78 is 6.95. The first-order chi connectivity index (χ1) is 30.2. The number of hydrogen-bond acceptors (Lipinski definition) is 3. The fraction of sp³-hybridized carbons (Fsp3) is 0.0517. The van der Waals surface area contributed by atoms with Crippen LogP contribution in [0.15, 0.2) is 223 Å². The average Bonchev–Trinajstić information content (AvgIpc) is 3.62. The summed E-state index contributed by atoms with van der Waals surface area (Å²) in [6, 6.07) is 76.5. The Labute approximate surface area is 356 Å². The van der Waals surface area contributed by atoms with Crippen molar-refractivity contribution in [3.8, 4) is 44.9 Å². The Kier molecular flexibility index (Phi) is 8.04. The van der Waals surface area contributed by atoms with E-state index in [0.717, 1.165) is 56.3 Å². The maximum Gasteiger partial charge on any atom is 0.147 e. The zero-order valence-corrected chi connectivity index (χ0v) is 33.7. The number of allylic oxidation sites excluding steroid dienone is 1. The summed E-state index contributed by atoms with van der Waals surface area (Å²) in [5.41, 5.74) is 17.0. The number of para-hydroxylation sites is 1. The first-order valence-corrected chi connectivity index (χ1v) is 21.0. The van der Waals surface area contributed by atoms with Crippen LogP contribution in [0.2, 0.25) is 0 Å². The van der Waals surface area contributed by atoms with E-state index < -0.39 is 5.41 Å². The lowest BCUT2D eigenvalue weighted by molar-refractivity contribution is 0.364. The molecule has 0 saturated carbocycles. The predicted octanol–water partition coefficient (Wildman–Crippen LogP) is 14.1. The van der Waals surface area contributed by atoms with Crippen LogP contribution in [0.3, 0.4) is 0 Å². The monoisotopic (exact) mass is 780 g/mol. The summed E-state index contributed by atoms with van der Waals surface area (Å²) >= 11 is 0. The zero-order chi connectivity index (χ0) is 40.5. The highest BCUT2D eigenvalue weighted by Crippen LogP contribution is 2.62. The lowest BCUT2D eigenvalue weighted by atomic mass is 9.66. The van der Waals surface area contributed by atoms with Gasteiger partial charge < -0.3 is 9.64 Å². The Morgan fingerprint density at radius 1 is 0.426 bits per heavy atom. The molecule has 0 amide bonds. The van der Waals surface area contributed by atoms with Crippen LogP contribution in [0.5, 0.6) is 11.5 Å². The molecular weight excluding hydrogens is 741 g/mol. The minimum atomic E-state index is -0.505. The molecule has 3 heteroatoms. The average molecular weight is 781 g/mol. The number of nitrogens with zero attached hydrogens (tertiary/aromatic N) is 2. The van der Waals surface area contributed by atoms with Gasteiger partial charge in [0.15, 0.2) is 0 Å². The molecule has 1 atom stereocenters. The second kappa shape index (κ2) is 13.9. The molecule has 9 aromatic rings. The van der Waals surface area contributed by atoms with Crippen LogP contribution < -0.4 is 4.74 Å². The third kappa shape index (κ3) is 5.34. The molecule has 61 heavy (non-hydrogen) atoms. The van der Waals surface area contributed by atoms with Crippen LogP contribution in [-0.2, 0) is 5.41 Å². The molecule has 3 aliphatic rings. The van der Waals surface area contributed by atoms with Gasteiger partial charge in [-0.2, -0.15) is 0 Å². The van der Waals surface area contributed by atoms with Crippen molar-refractivity contribution < 1.29 is 4.74 Å². The SMILES string of the molecule is CN1C(c2ccccc2-c2ccc3c(c2)Oc2ccccc2C32c3ccccc3-c3ccccc32)=CC(c2ccc(-c3ccccc3)c3ccccc23)=NC1c1ccccc1. The van der Waals surface area contributed by atoms with Crippen molar-refractivity contribution in [3.63, 3.8) is 0 Å². The van der Waals surface area contributed by atoms with Crippen LogP contribution in [0, 0.1) is 0 Å². The molecule has 0 fully saturated rings. The zero-order valence-electron chi connectivity index (χ0n) is 33.7. The van der Waals surface area contributed by atoms with E-state index in [-0.39, 0.29) is 6.17 Å². The summed E-state index contributed by atoms with van der Waals surface area (Å²) in [5.74, 6) is 1.76. The lowest BCUT2D eigenvalue weighted by Gasteiger charge is -2.39. The maximum absolute atomic E-state index is 6.95. The Hall–Kier alpha value is -7.75. The standard InChI is InChI=1S/C58H40N2O/c1-60-54(37-53(59-57(60)39-20-6-3-7-21-39)47-34-33-42(38-18-4-2-5-19-38)43-23-9-10-24-44(43)47)48-27-11-8-22-41(48)40-32-35-52-56(36-40)61-55-31-17-16-30-51(55)58(52)49-28-14-12-25-45(49)46-26-13-15-29-50(46)58/h2-37,57H,1H3. The van der Waals surface area contributed by atoms with Crippen LogP contribution in [0.4, 0.5) is 0 Å². The Morgan fingerprint density at radius 2 is 0.967 bits per heavy atom. The van der Waals surface area contributed by atoms with E-state index in [1.807, 2.05) is 0 Å². The molecule has 2 aliphatic heterocycles. The summed E-state index contributed by atoms with van der Waals surface area (Å²) in [6.45, 7) is 0. The third-order valence-corrected chi connectivity index (χ3v) is 13.0. The van der Waals surface area contributed by atoms with Crippen molar-refractivity contribution in [2.24, 2.45) is 4.99 Å². The Balaban J connectivity index is 1.03. The van der Waals surface area contributed by atoms with Crippen LogP contribution in [0.25, 0.3) is 49.9 Å². The van der Waals surface area contributed by atoms with Gasteiger partial charge in [-0.25, -0.2) is 0 Å². The van der Waals surface area contributed by atoms with E-state index in [1.54, 1.807) is 0 Å². The largest absolute Gasteiger partial charge is 0.457 e. The molecule has 1 aliphatic carbocycles. The number of fused-ring (bicyclic) bond motifs is 10. The first kappa shape index (κ1) is 35.2. The van der Waals surface area contributed by atoms with Crippen molar-refractivity contribution >= 4 is 22.2 Å². The van der Waals surface area contributed by atoms with Gasteiger partial charge in [0.2, 0.25) is 0 Å². The van der Waals surface area contributed by atoms with Crippen molar-refractivity contribution in [1.29, 1.82) is 0 Å². The molecule has 0 bridgehead atoms. The smallest absolute Gasteiger partial charge is 0.147 e. The summed E-state index contributed by atoms with van der Waals surface area (Å²) in [7, 11) is 2.17. The van der Waals surface area contributed by atoms with Gasteiger partial charge in [0.25, 0.3) is 0 Å². The molecule has 1 spiro atoms. The fourth-order valence-corrected chi connectivity index (χ4v) is 10.3. The topological polar surface area (TPSA) is 24.8 Å². The number of benzene rings is 9. The minimum absolute atomic E-state index is 0.234. The van der Waals surface area contributed by atoms with E-state index >= 15 is 0 Å². The fourth-order valence-electron chi connectivity index (χ4n) is 10.3. The molecule has 9 aromatic carbocycles. The van der Waals surface area contributed by atoms with Crippen molar-refractivity contribution in [1.82, 2.24) is 4.90 Å². The van der Waals surface area contributed by atoms with Gasteiger partial charge in [-0.05, 0) is 79.1 Å². The van der Waals surface area contributed by atoms with Gasteiger partial charge in [-0.15, -0.1) is 0 Å².